The van der Waals surface area contributed by atoms with E-state index in [4.69, 9.17) is 0 Å². The Morgan fingerprint density at radius 3 is 2.94 bits per heavy atom. The lowest BCUT2D eigenvalue weighted by atomic mass is 10.2. The number of imidazole rings is 1. The Morgan fingerprint density at radius 1 is 1.44 bits per heavy atom. The standard InChI is InChI=1S/C12H14BrN3/c1-2-14-8-10-3-4-11(7-12(10)13)16-6-5-15-9-16/h3-7,9,14H,2,8H2,1H3. The molecule has 1 aromatic carbocycles. The van der Waals surface area contributed by atoms with Crippen LogP contribution in [0.25, 0.3) is 5.69 Å². The van der Waals surface area contributed by atoms with E-state index in [1.165, 1.54) is 5.56 Å². The van der Waals surface area contributed by atoms with Crippen molar-refractivity contribution < 1.29 is 0 Å². The third-order valence-electron chi connectivity index (χ3n) is 2.40. The normalized spacial score (nSPS) is 10.6. The first-order valence-corrected chi connectivity index (χ1v) is 6.08. The van der Waals surface area contributed by atoms with Gasteiger partial charge in [0.05, 0.1) is 6.33 Å². The first kappa shape index (κ1) is 11.4. The Balaban J connectivity index is 2.23. The molecule has 1 aromatic heterocycles. The van der Waals surface area contributed by atoms with Gasteiger partial charge in [0.2, 0.25) is 0 Å². The molecule has 1 N–H and O–H groups in total. The molecule has 2 rings (SSSR count). The fourth-order valence-corrected chi connectivity index (χ4v) is 2.02. The number of nitrogens with zero attached hydrogens (tertiary/aromatic N) is 2. The largest absolute Gasteiger partial charge is 0.313 e. The Bertz CT molecular complexity index is 451. The molecule has 84 valence electrons. The van der Waals surface area contributed by atoms with Gasteiger partial charge in [-0.2, -0.15) is 0 Å². The maximum atomic E-state index is 4.04. The van der Waals surface area contributed by atoms with Crippen LogP contribution in [-0.4, -0.2) is 16.1 Å². The fourth-order valence-electron chi connectivity index (χ4n) is 1.51. The van der Waals surface area contributed by atoms with E-state index in [-0.39, 0.29) is 0 Å². The SMILES string of the molecule is CCNCc1ccc(-n2ccnc2)cc1Br. The van der Waals surface area contributed by atoms with Gasteiger partial charge in [0.25, 0.3) is 0 Å². The monoisotopic (exact) mass is 279 g/mol. The first-order chi connectivity index (χ1) is 7.81. The molecule has 0 bridgehead atoms. The van der Waals surface area contributed by atoms with Crippen LogP contribution in [0.15, 0.2) is 41.4 Å². The van der Waals surface area contributed by atoms with Gasteiger partial charge >= 0.3 is 0 Å². The van der Waals surface area contributed by atoms with E-state index in [1.807, 2.05) is 10.8 Å². The summed E-state index contributed by atoms with van der Waals surface area (Å²) < 4.78 is 3.11. The zero-order valence-corrected chi connectivity index (χ0v) is 10.7. The third kappa shape index (κ3) is 2.51. The first-order valence-electron chi connectivity index (χ1n) is 5.28. The van der Waals surface area contributed by atoms with E-state index in [0.717, 1.165) is 23.2 Å². The van der Waals surface area contributed by atoms with Crippen LogP contribution in [0.3, 0.4) is 0 Å². The van der Waals surface area contributed by atoms with Crippen LogP contribution in [0, 0.1) is 0 Å². The molecule has 0 spiro atoms. The van der Waals surface area contributed by atoms with Crippen LogP contribution in [-0.2, 0) is 6.54 Å². The minimum atomic E-state index is 0.890. The van der Waals surface area contributed by atoms with Crippen molar-refractivity contribution in [3.05, 3.63) is 47.0 Å². The molecule has 4 heteroatoms. The number of nitrogens with one attached hydrogen (secondary N) is 1. The van der Waals surface area contributed by atoms with Gasteiger partial charge in [0.15, 0.2) is 0 Å². The van der Waals surface area contributed by atoms with Crippen molar-refractivity contribution in [3.63, 3.8) is 0 Å². The number of halogens is 1. The topological polar surface area (TPSA) is 29.9 Å². The minimum absolute atomic E-state index is 0.890. The van der Waals surface area contributed by atoms with Gasteiger partial charge in [-0.05, 0) is 24.2 Å². The van der Waals surface area contributed by atoms with Crippen molar-refractivity contribution in [3.8, 4) is 5.69 Å². The van der Waals surface area contributed by atoms with E-state index in [9.17, 15) is 0 Å². The number of hydrogen-bond donors (Lipinski definition) is 1. The lowest BCUT2D eigenvalue weighted by molar-refractivity contribution is 0.724. The Kier molecular flexibility index (Phi) is 3.74. The zero-order chi connectivity index (χ0) is 11.4. The molecule has 3 nitrogen and oxygen atoms in total. The molecule has 0 amide bonds. The highest BCUT2D eigenvalue weighted by atomic mass is 79.9. The Labute approximate surface area is 104 Å². The molecule has 0 radical (unpaired) electrons. The van der Waals surface area contributed by atoms with Crippen molar-refractivity contribution in [1.82, 2.24) is 14.9 Å². The summed E-state index contributed by atoms with van der Waals surface area (Å²) in [6, 6.07) is 6.33. The molecule has 0 aliphatic heterocycles. The lowest BCUT2D eigenvalue weighted by Gasteiger charge is -2.08. The number of benzene rings is 1. The van der Waals surface area contributed by atoms with Crippen molar-refractivity contribution >= 4 is 15.9 Å². The molecule has 0 fully saturated rings. The molecule has 0 unspecified atom stereocenters. The highest BCUT2D eigenvalue weighted by molar-refractivity contribution is 9.10. The summed E-state index contributed by atoms with van der Waals surface area (Å²) in [5.41, 5.74) is 2.38. The molecule has 1 heterocycles. The summed E-state index contributed by atoms with van der Waals surface area (Å²) in [5, 5.41) is 3.31. The van der Waals surface area contributed by atoms with E-state index in [1.54, 1.807) is 12.5 Å². The van der Waals surface area contributed by atoms with Crippen molar-refractivity contribution in [2.45, 2.75) is 13.5 Å². The Morgan fingerprint density at radius 2 is 2.31 bits per heavy atom. The number of rotatable bonds is 4. The lowest BCUT2D eigenvalue weighted by Crippen LogP contribution is -2.12. The summed E-state index contributed by atoms with van der Waals surface area (Å²) in [6.45, 7) is 3.98. The molecule has 16 heavy (non-hydrogen) atoms. The van der Waals surface area contributed by atoms with E-state index in [2.05, 4.69) is 51.4 Å². The minimum Gasteiger partial charge on any atom is -0.313 e. The number of aromatic nitrogens is 2. The highest BCUT2D eigenvalue weighted by Crippen LogP contribution is 2.20. The molecule has 0 atom stereocenters. The van der Waals surface area contributed by atoms with Crippen LogP contribution in [0.1, 0.15) is 12.5 Å². The molecule has 0 aliphatic carbocycles. The second kappa shape index (κ2) is 5.27. The third-order valence-corrected chi connectivity index (χ3v) is 3.14. The van der Waals surface area contributed by atoms with Crippen LogP contribution in [0.2, 0.25) is 0 Å². The molecule has 2 aromatic rings. The van der Waals surface area contributed by atoms with Gasteiger partial charge in [0.1, 0.15) is 0 Å². The van der Waals surface area contributed by atoms with Gasteiger partial charge in [-0.1, -0.05) is 28.9 Å². The van der Waals surface area contributed by atoms with Crippen molar-refractivity contribution in [1.29, 1.82) is 0 Å². The van der Waals surface area contributed by atoms with E-state index < -0.39 is 0 Å². The molecular formula is C12H14BrN3. The van der Waals surface area contributed by atoms with Gasteiger partial charge in [-0.3, -0.25) is 0 Å². The predicted molar refractivity (Wildman–Crippen MR) is 68.6 cm³/mol. The summed E-state index contributed by atoms with van der Waals surface area (Å²) in [4.78, 5) is 4.04. The number of hydrogen-bond acceptors (Lipinski definition) is 2. The maximum Gasteiger partial charge on any atom is 0.0991 e. The quantitative estimate of drug-likeness (QED) is 0.933. The second-order valence-electron chi connectivity index (χ2n) is 3.53. The summed E-state index contributed by atoms with van der Waals surface area (Å²) in [5.74, 6) is 0. The van der Waals surface area contributed by atoms with Crippen molar-refractivity contribution in [2.24, 2.45) is 0 Å². The predicted octanol–water partition coefficient (Wildman–Crippen LogP) is 2.74. The van der Waals surface area contributed by atoms with Gasteiger partial charge in [-0.25, -0.2) is 4.98 Å². The van der Waals surface area contributed by atoms with Crippen LogP contribution in [0.4, 0.5) is 0 Å². The molecule has 0 aliphatic rings. The molecular weight excluding hydrogens is 266 g/mol. The Hall–Kier alpha value is -1.13. The second-order valence-corrected chi connectivity index (χ2v) is 4.38. The van der Waals surface area contributed by atoms with Gasteiger partial charge in [-0.15, -0.1) is 0 Å². The van der Waals surface area contributed by atoms with Gasteiger partial charge < -0.3 is 9.88 Å². The van der Waals surface area contributed by atoms with Crippen LogP contribution < -0.4 is 5.32 Å². The van der Waals surface area contributed by atoms with Crippen LogP contribution in [0.5, 0.6) is 0 Å². The maximum absolute atomic E-state index is 4.04. The molecule has 0 saturated carbocycles. The van der Waals surface area contributed by atoms with Crippen molar-refractivity contribution in [2.75, 3.05) is 6.54 Å². The summed E-state index contributed by atoms with van der Waals surface area (Å²) in [7, 11) is 0. The summed E-state index contributed by atoms with van der Waals surface area (Å²) in [6.07, 6.45) is 5.51. The summed E-state index contributed by atoms with van der Waals surface area (Å²) >= 11 is 3.59. The fraction of sp³-hybridized carbons (Fsp3) is 0.250. The van der Waals surface area contributed by atoms with Gasteiger partial charge in [0, 0.05) is 29.1 Å². The van der Waals surface area contributed by atoms with E-state index >= 15 is 0 Å². The molecule has 0 saturated heterocycles. The van der Waals surface area contributed by atoms with E-state index in [0.29, 0.717) is 0 Å². The van der Waals surface area contributed by atoms with Crippen LogP contribution >= 0.6 is 15.9 Å². The smallest absolute Gasteiger partial charge is 0.0991 e. The zero-order valence-electron chi connectivity index (χ0n) is 9.15. The average Bonchev–Trinajstić information content (AvgIpc) is 2.81. The highest BCUT2D eigenvalue weighted by Gasteiger charge is 2.02. The average molecular weight is 280 g/mol.